The summed E-state index contributed by atoms with van der Waals surface area (Å²) in [5.74, 6) is 0.416. The zero-order valence-corrected chi connectivity index (χ0v) is 12.6. The minimum absolute atomic E-state index is 0.393. The molecule has 0 aliphatic heterocycles. The van der Waals surface area contributed by atoms with Gasteiger partial charge >= 0.3 is 0 Å². The van der Waals surface area contributed by atoms with Crippen LogP contribution in [-0.2, 0) is 11.3 Å². The summed E-state index contributed by atoms with van der Waals surface area (Å²) in [6, 6.07) is 9.51. The van der Waals surface area contributed by atoms with Gasteiger partial charge in [-0.3, -0.25) is 4.79 Å². The summed E-state index contributed by atoms with van der Waals surface area (Å²) in [5, 5.41) is 5.06. The normalized spacial score (nSPS) is 10.3. The molecule has 0 spiro atoms. The van der Waals surface area contributed by atoms with E-state index in [0.717, 1.165) is 16.3 Å². The van der Waals surface area contributed by atoms with E-state index in [-0.39, 0.29) is 0 Å². The van der Waals surface area contributed by atoms with Gasteiger partial charge in [0, 0.05) is 29.6 Å². The summed E-state index contributed by atoms with van der Waals surface area (Å²) < 4.78 is 10.4. The molecule has 0 unspecified atom stereocenters. The highest BCUT2D eigenvalue weighted by Gasteiger charge is 2.04. The topological polar surface area (TPSA) is 73.6 Å². The number of anilines is 1. The van der Waals surface area contributed by atoms with Crippen LogP contribution in [0.1, 0.15) is 15.2 Å². The molecule has 0 saturated carbocycles. The number of hydrogen-bond donors (Lipinski definition) is 2. The molecule has 0 saturated heterocycles. The van der Waals surface area contributed by atoms with E-state index in [1.54, 1.807) is 12.5 Å². The standard InChI is InChI=1S/C15H18N2O3S/c1-19-6-7-20-13-4-2-12(3-5-13)17-9-14-8-11(10-21-14)15(16)18/h2-5,8,10,17H,6-7,9H2,1H3,(H2,16,18). The molecule has 1 heterocycles. The number of nitrogens with two attached hydrogens (primary N) is 1. The average Bonchev–Trinajstić information content (AvgIpc) is 2.96. The van der Waals surface area contributed by atoms with Crippen molar-refractivity contribution in [3.05, 3.63) is 46.2 Å². The van der Waals surface area contributed by atoms with Gasteiger partial charge in [-0.15, -0.1) is 11.3 Å². The van der Waals surface area contributed by atoms with Gasteiger partial charge in [0.15, 0.2) is 0 Å². The maximum absolute atomic E-state index is 11.0. The van der Waals surface area contributed by atoms with Crippen molar-refractivity contribution >= 4 is 22.9 Å². The Bertz CT molecular complexity index is 581. The molecule has 0 atom stereocenters. The lowest BCUT2D eigenvalue weighted by Gasteiger charge is -2.08. The summed E-state index contributed by atoms with van der Waals surface area (Å²) in [7, 11) is 1.64. The molecule has 0 radical (unpaired) electrons. The largest absolute Gasteiger partial charge is 0.491 e. The van der Waals surface area contributed by atoms with Crippen LogP contribution in [0.2, 0.25) is 0 Å². The van der Waals surface area contributed by atoms with Crippen molar-refractivity contribution in [2.24, 2.45) is 5.73 Å². The van der Waals surface area contributed by atoms with Crippen LogP contribution in [0.4, 0.5) is 5.69 Å². The fourth-order valence-electron chi connectivity index (χ4n) is 1.70. The number of primary amides is 1. The molecule has 21 heavy (non-hydrogen) atoms. The zero-order valence-electron chi connectivity index (χ0n) is 11.8. The van der Waals surface area contributed by atoms with E-state index in [2.05, 4.69) is 5.32 Å². The summed E-state index contributed by atoms with van der Waals surface area (Å²) >= 11 is 1.51. The van der Waals surface area contributed by atoms with Gasteiger partial charge in [-0.2, -0.15) is 0 Å². The summed E-state index contributed by atoms with van der Waals surface area (Å²) in [4.78, 5) is 12.1. The van der Waals surface area contributed by atoms with Crippen molar-refractivity contribution in [2.75, 3.05) is 25.6 Å². The quantitative estimate of drug-likeness (QED) is 0.735. The number of amides is 1. The molecule has 0 aliphatic rings. The Balaban J connectivity index is 1.83. The number of rotatable bonds is 8. The van der Waals surface area contributed by atoms with E-state index in [1.165, 1.54) is 11.3 Å². The first-order valence-corrected chi connectivity index (χ1v) is 7.40. The maximum Gasteiger partial charge on any atom is 0.249 e. The minimum Gasteiger partial charge on any atom is -0.491 e. The molecule has 1 aromatic carbocycles. The number of carbonyl (C=O) groups is 1. The second kappa shape index (κ2) is 7.66. The van der Waals surface area contributed by atoms with Crippen LogP contribution in [0.5, 0.6) is 5.75 Å². The smallest absolute Gasteiger partial charge is 0.249 e. The second-order valence-corrected chi connectivity index (χ2v) is 5.38. The molecule has 5 nitrogen and oxygen atoms in total. The number of ether oxygens (including phenoxy) is 2. The van der Waals surface area contributed by atoms with E-state index in [1.807, 2.05) is 30.3 Å². The number of thiophene rings is 1. The molecule has 112 valence electrons. The Morgan fingerprint density at radius 2 is 2.05 bits per heavy atom. The van der Waals surface area contributed by atoms with E-state index in [0.29, 0.717) is 25.3 Å². The number of nitrogens with one attached hydrogen (secondary N) is 1. The number of methoxy groups -OCH3 is 1. The van der Waals surface area contributed by atoms with Crippen molar-refractivity contribution in [1.82, 2.24) is 0 Å². The Labute approximate surface area is 127 Å². The summed E-state index contributed by atoms with van der Waals surface area (Å²) in [6.07, 6.45) is 0. The van der Waals surface area contributed by atoms with Crippen LogP contribution in [0, 0.1) is 0 Å². The van der Waals surface area contributed by atoms with Crippen molar-refractivity contribution in [1.29, 1.82) is 0 Å². The van der Waals surface area contributed by atoms with E-state index >= 15 is 0 Å². The lowest BCUT2D eigenvalue weighted by molar-refractivity contribution is 0.100. The zero-order chi connectivity index (χ0) is 15.1. The van der Waals surface area contributed by atoms with Crippen LogP contribution < -0.4 is 15.8 Å². The number of benzene rings is 1. The van der Waals surface area contributed by atoms with E-state index < -0.39 is 5.91 Å². The number of carbonyl (C=O) groups excluding carboxylic acids is 1. The molecule has 3 N–H and O–H groups in total. The molecule has 1 amide bonds. The third kappa shape index (κ3) is 4.77. The van der Waals surface area contributed by atoms with Crippen molar-refractivity contribution in [3.8, 4) is 5.75 Å². The van der Waals surface area contributed by atoms with Crippen LogP contribution in [-0.4, -0.2) is 26.2 Å². The van der Waals surface area contributed by atoms with Gasteiger partial charge < -0.3 is 20.5 Å². The fraction of sp³-hybridized carbons (Fsp3) is 0.267. The van der Waals surface area contributed by atoms with Crippen molar-refractivity contribution in [2.45, 2.75) is 6.54 Å². The lowest BCUT2D eigenvalue weighted by atomic mass is 10.3. The highest BCUT2D eigenvalue weighted by atomic mass is 32.1. The van der Waals surface area contributed by atoms with E-state index in [9.17, 15) is 4.79 Å². The monoisotopic (exact) mass is 306 g/mol. The van der Waals surface area contributed by atoms with Crippen molar-refractivity contribution < 1.29 is 14.3 Å². The van der Waals surface area contributed by atoms with Gasteiger partial charge in [0.25, 0.3) is 0 Å². The first kappa shape index (κ1) is 15.3. The predicted octanol–water partition coefficient (Wildman–Crippen LogP) is 2.48. The molecular formula is C15H18N2O3S. The Hall–Kier alpha value is -2.05. The third-order valence-electron chi connectivity index (χ3n) is 2.82. The first-order valence-electron chi connectivity index (χ1n) is 6.52. The van der Waals surface area contributed by atoms with Gasteiger partial charge in [0.2, 0.25) is 5.91 Å². The second-order valence-electron chi connectivity index (χ2n) is 4.39. The molecule has 0 aliphatic carbocycles. The molecular weight excluding hydrogens is 288 g/mol. The summed E-state index contributed by atoms with van der Waals surface area (Å²) in [5.41, 5.74) is 6.77. The highest BCUT2D eigenvalue weighted by Crippen LogP contribution is 2.19. The Morgan fingerprint density at radius 3 is 2.67 bits per heavy atom. The van der Waals surface area contributed by atoms with Gasteiger partial charge in [0.05, 0.1) is 12.2 Å². The predicted molar refractivity (Wildman–Crippen MR) is 84.0 cm³/mol. The molecule has 2 rings (SSSR count). The van der Waals surface area contributed by atoms with Gasteiger partial charge in [-0.05, 0) is 30.3 Å². The maximum atomic E-state index is 11.0. The fourth-order valence-corrected chi connectivity index (χ4v) is 2.52. The summed E-state index contributed by atoms with van der Waals surface area (Å²) in [6.45, 7) is 1.76. The molecule has 6 heteroatoms. The Kier molecular flexibility index (Phi) is 5.59. The SMILES string of the molecule is COCCOc1ccc(NCc2cc(C(N)=O)cs2)cc1. The minimum atomic E-state index is -0.393. The number of hydrogen-bond acceptors (Lipinski definition) is 5. The van der Waals surface area contributed by atoms with Gasteiger partial charge in [-0.25, -0.2) is 0 Å². The van der Waals surface area contributed by atoms with Crippen LogP contribution in [0.25, 0.3) is 0 Å². The molecule has 1 aromatic heterocycles. The van der Waals surface area contributed by atoms with Crippen LogP contribution in [0.3, 0.4) is 0 Å². The first-order chi connectivity index (χ1) is 10.2. The Morgan fingerprint density at radius 1 is 1.29 bits per heavy atom. The molecule has 2 aromatic rings. The van der Waals surface area contributed by atoms with Crippen LogP contribution in [0.15, 0.2) is 35.7 Å². The highest BCUT2D eigenvalue weighted by molar-refractivity contribution is 7.10. The average molecular weight is 306 g/mol. The third-order valence-corrected chi connectivity index (χ3v) is 3.75. The molecule has 0 bridgehead atoms. The van der Waals surface area contributed by atoms with Crippen molar-refractivity contribution in [3.63, 3.8) is 0 Å². The lowest BCUT2D eigenvalue weighted by Crippen LogP contribution is -2.09. The van der Waals surface area contributed by atoms with E-state index in [4.69, 9.17) is 15.2 Å². The van der Waals surface area contributed by atoms with Gasteiger partial charge in [0.1, 0.15) is 12.4 Å². The van der Waals surface area contributed by atoms with Crippen LogP contribution >= 0.6 is 11.3 Å². The van der Waals surface area contributed by atoms with Gasteiger partial charge in [-0.1, -0.05) is 0 Å². The molecule has 0 fully saturated rings.